The van der Waals surface area contributed by atoms with Crippen LogP contribution in [-0.2, 0) is 0 Å². The molecule has 1 aliphatic heterocycles. The number of para-hydroxylation sites is 2. The van der Waals surface area contributed by atoms with Crippen LogP contribution in [0.25, 0.3) is 16.3 Å². The largest absolute Gasteiger partial charge is 0.252 e. The number of hydrogen-bond acceptors (Lipinski definition) is 3. The summed E-state index contributed by atoms with van der Waals surface area (Å²) in [6.07, 6.45) is 13.1. The molecule has 0 spiro atoms. The van der Waals surface area contributed by atoms with Gasteiger partial charge in [-0.2, -0.15) is 0 Å². The molecule has 2 heterocycles. The third-order valence-corrected chi connectivity index (χ3v) is 7.45. The molecule has 0 amide bonds. The minimum Gasteiger partial charge on any atom is -0.252 e. The molecular weight excluding hydrogens is 392 g/mol. The first-order valence-corrected chi connectivity index (χ1v) is 12.0. The van der Waals surface area contributed by atoms with Crippen molar-refractivity contribution in [1.29, 1.82) is 0 Å². The van der Waals surface area contributed by atoms with E-state index in [1.807, 2.05) is 17.8 Å². The van der Waals surface area contributed by atoms with Gasteiger partial charge < -0.3 is 0 Å². The van der Waals surface area contributed by atoms with Crippen molar-refractivity contribution in [2.45, 2.75) is 31.6 Å². The first kappa shape index (κ1) is 20.1. The molecule has 148 valence electrons. The number of thiazole rings is 1. The molecule has 0 unspecified atom stereocenters. The molecule has 0 saturated carbocycles. The van der Waals surface area contributed by atoms with E-state index in [-0.39, 0.29) is 0 Å². The summed E-state index contributed by atoms with van der Waals surface area (Å²) in [6.45, 7) is 6.88. The Morgan fingerprint density at radius 1 is 0.897 bits per heavy atom. The number of rotatable bonds is 7. The maximum Gasteiger partial charge on any atom is 0.177 e. The van der Waals surface area contributed by atoms with E-state index in [0.29, 0.717) is 0 Å². The Hall–Kier alpha value is -2.14. The van der Waals surface area contributed by atoms with Gasteiger partial charge in [-0.3, -0.25) is 4.48 Å². The van der Waals surface area contributed by atoms with Crippen LogP contribution in [-0.4, -0.2) is 18.1 Å². The maximum atomic E-state index is 4.66. The van der Waals surface area contributed by atoms with Crippen molar-refractivity contribution >= 4 is 45.1 Å². The van der Waals surface area contributed by atoms with Crippen LogP contribution >= 0.6 is 23.1 Å². The van der Waals surface area contributed by atoms with E-state index in [9.17, 15) is 0 Å². The molecule has 2 nitrogen and oxygen atoms in total. The van der Waals surface area contributed by atoms with Crippen LogP contribution in [0.3, 0.4) is 0 Å². The Kier molecular flexibility index (Phi) is 6.34. The van der Waals surface area contributed by atoms with Crippen LogP contribution < -0.4 is 4.48 Å². The second kappa shape index (κ2) is 9.12. The molecule has 0 bridgehead atoms. The molecule has 0 aliphatic carbocycles. The predicted octanol–water partition coefficient (Wildman–Crippen LogP) is 7.64. The average Bonchev–Trinajstić information content (AvgIpc) is 3.28. The molecule has 0 N–H and O–H groups in total. The Morgan fingerprint density at radius 3 is 2.45 bits per heavy atom. The normalized spacial score (nSPS) is 17.1. The van der Waals surface area contributed by atoms with Gasteiger partial charge in [-0.25, -0.2) is 4.98 Å². The van der Waals surface area contributed by atoms with Crippen LogP contribution in [0.15, 0.2) is 82.8 Å². The molecule has 3 aromatic rings. The summed E-state index contributed by atoms with van der Waals surface area (Å²) < 4.78 is 2.22. The Morgan fingerprint density at radius 2 is 1.66 bits per heavy atom. The number of allylic oxidation sites excluding steroid dienone is 4. The minimum absolute atomic E-state index is 0.986. The summed E-state index contributed by atoms with van der Waals surface area (Å²) in [5.74, 6) is 0. The quantitative estimate of drug-likeness (QED) is 0.288. The standard InChI is InChI=1S/C25H27N2S2/c1-3-18-27(19-4-2)21-13-9-11-15-23(21)29-25(27)17-7-5-6-16-24-26-20-12-8-10-14-22(20)28-24/h5-17H,3-4,18-19H2,1-2H3/q+1. The topological polar surface area (TPSA) is 12.9 Å². The number of benzene rings is 2. The molecule has 29 heavy (non-hydrogen) atoms. The minimum atomic E-state index is 0.986. The first-order chi connectivity index (χ1) is 14.3. The second-order valence-corrected chi connectivity index (χ2v) is 9.38. The zero-order chi connectivity index (χ0) is 20.1. The highest BCUT2D eigenvalue weighted by atomic mass is 32.2. The summed E-state index contributed by atoms with van der Waals surface area (Å²) in [6, 6.07) is 17.2. The first-order valence-electron chi connectivity index (χ1n) is 10.3. The van der Waals surface area contributed by atoms with Crippen molar-refractivity contribution in [3.8, 4) is 0 Å². The third kappa shape index (κ3) is 4.11. The van der Waals surface area contributed by atoms with Gasteiger partial charge in [0.25, 0.3) is 0 Å². The van der Waals surface area contributed by atoms with Gasteiger partial charge in [0.2, 0.25) is 0 Å². The fourth-order valence-electron chi connectivity index (χ4n) is 4.03. The summed E-state index contributed by atoms with van der Waals surface area (Å²) >= 11 is 3.66. The van der Waals surface area contributed by atoms with E-state index in [1.165, 1.54) is 33.2 Å². The highest BCUT2D eigenvalue weighted by Gasteiger charge is 2.42. The SMILES string of the molecule is CCC[N+]1(CCC)C(=CC=CC=Cc2nc3ccccc3s2)Sc2ccccc21. The summed E-state index contributed by atoms with van der Waals surface area (Å²) in [5.41, 5.74) is 2.54. The number of thioether (sulfide) groups is 1. The number of fused-ring (bicyclic) bond motifs is 2. The zero-order valence-corrected chi connectivity index (χ0v) is 18.7. The van der Waals surface area contributed by atoms with Gasteiger partial charge in [0, 0.05) is 12.1 Å². The summed E-state index contributed by atoms with van der Waals surface area (Å²) in [7, 11) is 0. The fourth-order valence-corrected chi connectivity index (χ4v) is 6.23. The lowest BCUT2D eigenvalue weighted by Gasteiger charge is -2.34. The van der Waals surface area contributed by atoms with Crippen molar-refractivity contribution in [1.82, 2.24) is 9.47 Å². The third-order valence-electron chi connectivity index (χ3n) is 5.18. The molecular formula is C25H27N2S2+. The molecule has 4 rings (SSSR count). The molecule has 4 heteroatoms. The highest BCUT2D eigenvalue weighted by molar-refractivity contribution is 8.03. The number of nitrogens with zero attached hydrogens (tertiary/aromatic N) is 2. The monoisotopic (exact) mass is 419 g/mol. The lowest BCUT2D eigenvalue weighted by atomic mass is 10.2. The van der Waals surface area contributed by atoms with Gasteiger partial charge >= 0.3 is 0 Å². The van der Waals surface area contributed by atoms with E-state index in [4.69, 9.17) is 0 Å². The van der Waals surface area contributed by atoms with Gasteiger partial charge in [0.05, 0.1) is 28.2 Å². The van der Waals surface area contributed by atoms with Gasteiger partial charge in [0.1, 0.15) is 5.01 Å². The Balaban J connectivity index is 1.56. The summed E-state index contributed by atoms with van der Waals surface area (Å²) in [5, 5.41) is 2.48. The van der Waals surface area contributed by atoms with E-state index in [1.54, 1.807) is 11.3 Å². The van der Waals surface area contributed by atoms with Crippen LogP contribution in [0.2, 0.25) is 0 Å². The zero-order valence-electron chi connectivity index (χ0n) is 17.0. The van der Waals surface area contributed by atoms with Gasteiger partial charge in [-0.1, -0.05) is 56.3 Å². The Labute approximate surface area is 181 Å². The van der Waals surface area contributed by atoms with Crippen molar-refractivity contribution in [3.05, 3.63) is 82.9 Å². The smallest absolute Gasteiger partial charge is 0.177 e. The van der Waals surface area contributed by atoms with Crippen LogP contribution in [0.4, 0.5) is 5.69 Å². The molecule has 2 aromatic carbocycles. The van der Waals surface area contributed by atoms with E-state index < -0.39 is 0 Å². The van der Waals surface area contributed by atoms with Crippen molar-refractivity contribution in [2.75, 3.05) is 13.1 Å². The predicted molar refractivity (Wildman–Crippen MR) is 130 cm³/mol. The highest BCUT2D eigenvalue weighted by Crippen LogP contribution is 2.51. The summed E-state index contributed by atoms with van der Waals surface area (Å²) in [4.78, 5) is 6.06. The van der Waals surface area contributed by atoms with Crippen molar-refractivity contribution in [2.24, 2.45) is 0 Å². The lowest BCUT2D eigenvalue weighted by molar-refractivity contribution is 0.361. The average molecular weight is 420 g/mol. The number of aromatic nitrogens is 1. The van der Waals surface area contributed by atoms with Gasteiger partial charge in [-0.15, -0.1) is 11.3 Å². The van der Waals surface area contributed by atoms with E-state index >= 15 is 0 Å². The maximum absolute atomic E-state index is 4.66. The molecule has 0 radical (unpaired) electrons. The Bertz CT molecular complexity index is 1040. The molecule has 1 aliphatic rings. The van der Waals surface area contributed by atoms with Crippen LogP contribution in [0.1, 0.15) is 31.7 Å². The van der Waals surface area contributed by atoms with Crippen molar-refractivity contribution in [3.63, 3.8) is 0 Å². The number of hydrogen-bond donors (Lipinski definition) is 0. The molecule has 0 fully saturated rings. The molecule has 1 aromatic heterocycles. The molecule has 0 saturated heterocycles. The lowest BCUT2D eigenvalue weighted by Crippen LogP contribution is -2.46. The second-order valence-electron chi connectivity index (χ2n) is 7.25. The van der Waals surface area contributed by atoms with Gasteiger partial charge in [0.15, 0.2) is 10.7 Å². The van der Waals surface area contributed by atoms with E-state index in [0.717, 1.165) is 28.1 Å². The van der Waals surface area contributed by atoms with Crippen LogP contribution in [0, 0.1) is 0 Å². The fraction of sp³-hybridized carbons (Fsp3) is 0.240. The van der Waals surface area contributed by atoms with Gasteiger partial charge in [-0.05, 0) is 48.9 Å². The van der Waals surface area contributed by atoms with E-state index in [2.05, 4.69) is 91.7 Å². The van der Waals surface area contributed by atoms with Crippen LogP contribution in [0.5, 0.6) is 0 Å². The van der Waals surface area contributed by atoms with Crippen molar-refractivity contribution < 1.29 is 0 Å². The molecule has 0 atom stereocenters. The number of quaternary nitrogens is 1.